The first kappa shape index (κ1) is 11.5. The number of halogens is 1. The maximum atomic E-state index is 11.1. The number of carbonyl (C=O) groups excluding carboxylic acids is 1. The summed E-state index contributed by atoms with van der Waals surface area (Å²) in [6, 6.07) is -0.205. The third-order valence-corrected chi connectivity index (χ3v) is 2.08. The molecule has 1 heterocycles. The monoisotopic (exact) mass is 230 g/mol. The molecular formula is C8H11ClN4O2. The van der Waals surface area contributed by atoms with Crippen LogP contribution in [-0.4, -0.2) is 22.1 Å². The van der Waals surface area contributed by atoms with Crippen molar-refractivity contribution in [1.29, 1.82) is 0 Å². The van der Waals surface area contributed by atoms with Gasteiger partial charge in [-0.15, -0.1) is 0 Å². The fourth-order valence-electron chi connectivity index (χ4n) is 1.10. The van der Waals surface area contributed by atoms with E-state index in [9.17, 15) is 9.59 Å². The molecular weight excluding hydrogens is 220 g/mol. The van der Waals surface area contributed by atoms with E-state index in [-0.39, 0.29) is 17.5 Å². The van der Waals surface area contributed by atoms with Gasteiger partial charge in [0.1, 0.15) is 5.02 Å². The van der Waals surface area contributed by atoms with Gasteiger partial charge in [-0.1, -0.05) is 11.6 Å². The van der Waals surface area contributed by atoms with E-state index in [1.165, 1.54) is 6.20 Å². The molecule has 0 saturated carbocycles. The number of rotatable bonds is 4. The third kappa shape index (κ3) is 3.25. The van der Waals surface area contributed by atoms with Crippen LogP contribution < -0.4 is 16.6 Å². The molecule has 1 aromatic rings. The zero-order valence-electron chi connectivity index (χ0n) is 8.08. The standard InChI is InChI=1S/C8H11ClN4O2/c1-4(2-6(10)14)12-5-3-11-13-8(15)7(5)9/h3-4H,2H2,1H3,(H2,10,14)(H2,12,13,15). The lowest BCUT2D eigenvalue weighted by Crippen LogP contribution is -2.25. The molecule has 0 radical (unpaired) electrons. The van der Waals surface area contributed by atoms with Crippen LogP contribution in [-0.2, 0) is 4.79 Å². The van der Waals surface area contributed by atoms with Crippen molar-refractivity contribution in [3.63, 3.8) is 0 Å². The Balaban J connectivity index is 2.76. The summed E-state index contributed by atoms with van der Waals surface area (Å²) in [7, 11) is 0. The smallest absolute Gasteiger partial charge is 0.285 e. The lowest BCUT2D eigenvalue weighted by atomic mass is 10.2. The number of nitrogens with zero attached hydrogens (tertiary/aromatic N) is 1. The van der Waals surface area contributed by atoms with E-state index in [1.54, 1.807) is 6.92 Å². The van der Waals surface area contributed by atoms with Crippen LogP contribution in [0.25, 0.3) is 0 Å². The normalized spacial score (nSPS) is 12.1. The quantitative estimate of drug-likeness (QED) is 0.683. The molecule has 1 aromatic heterocycles. The lowest BCUT2D eigenvalue weighted by molar-refractivity contribution is -0.118. The fraction of sp³-hybridized carbons (Fsp3) is 0.375. The molecule has 0 spiro atoms. The van der Waals surface area contributed by atoms with Gasteiger partial charge in [-0.25, -0.2) is 5.10 Å². The van der Waals surface area contributed by atoms with Crippen molar-refractivity contribution >= 4 is 23.2 Å². The second kappa shape index (κ2) is 4.79. The molecule has 0 aromatic carbocycles. The van der Waals surface area contributed by atoms with Gasteiger partial charge < -0.3 is 11.1 Å². The molecule has 1 atom stereocenters. The molecule has 15 heavy (non-hydrogen) atoms. The summed E-state index contributed by atoms with van der Waals surface area (Å²) in [5, 5.41) is 8.64. The fourth-order valence-corrected chi connectivity index (χ4v) is 1.25. The van der Waals surface area contributed by atoms with Gasteiger partial charge >= 0.3 is 0 Å². The molecule has 0 aliphatic heterocycles. The lowest BCUT2D eigenvalue weighted by Gasteiger charge is -2.13. The number of hydrogen-bond acceptors (Lipinski definition) is 4. The van der Waals surface area contributed by atoms with Crippen LogP contribution >= 0.6 is 11.6 Å². The SMILES string of the molecule is CC(CC(N)=O)Nc1cn[nH]c(=O)c1Cl. The largest absolute Gasteiger partial charge is 0.379 e. The van der Waals surface area contributed by atoms with Gasteiger partial charge in [0.2, 0.25) is 5.91 Å². The molecule has 4 N–H and O–H groups in total. The second-order valence-electron chi connectivity index (χ2n) is 3.14. The Morgan fingerprint density at radius 2 is 2.47 bits per heavy atom. The first-order valence-corrected chi connectivity index (χ1v) is 4.66. The average Bonchev–Trinajstić information content (AvgIpc) is 2.11. The van der Waals surface area contributed by atoms with Crippen molar-refractivity contribution in [3.05, 3.63) is 21.6 Å². The number of H-pyrrole nitrogens is 1. The third-order valence-electron chi connectivity index (χ3n) is 1.70. The maximum Gasteiger partial charge on any atom is 0.285 e. The van der Waals surface area contributed by atoms with Crippen molar-refractivity contribution in [3.8, 4) is 0 Å². The number of hydrogen-bond donors (Lipinski definition) is 3. The zero-order chi connectivity index (χ0) is 11.4. The molecule has 82 valence electrons. The number of anilines is 1. The summed E-state index contributed by atoms with van der Waals surface area (Å²) in [5.41, 5.74) is 4.92. The molecule has 1 rings (SSSR count). The van der Waals surface area contributed by atoms with E-state index in [0.29, 0.717) is 5.69 Å². The highest BCUT2D eigenvalue weighted by atomic mass is 35.5. The van der Waals surface area contributed by atoms with Gasteiger partial charge in [0.05, 0.1) is 11.9 Å². The molecule has 6 nitrogen and oxygen atoms in total. The first-order chi connectivity index (χ1) is 7.00. The Labute approximate surface area is 90.8 Å². The van der Waals surface area contributed by atoms with Gasteiger partial charge in [-0.3, -0.25) is 9.59 Å². The first-order valence-electron chi connectivity index (χ1n) is 4.28. The van der Waals surface area contributed by atoms with E-state index < -0.39 is 11.5 Å². The molecule has 7 heteroatoms. The van der Waals surface area contributed by atoms with Crippen molar-refractivity contribution in [2.45, 2.75) is 19.4 Å². The Kier molecular flexibility index (Phi) is 3.68. The summed E-state index contributed by atoms with van der Waals surface area (Å²) in [6.45, 7) is 1.75. The predicted molar refractivity (Wildman–Crippen MR) is 56.8 cm³/mol. The molecule has 0 fully saturated rings. The van der Waals surface area contributed by atoms with Gasteiger partial charge in [-0.2, -0.15) is 5.10 Å². The Hall–Kier alpha value is -1.56. The Morgan fingerprint density at radius 3 is 3.07 bits per heavy atom. The van der Waals surface area contributed by atoms with Crippen molar-refractivity contribution in [2.24, 2.45) is 5.73 Å². The van der Waals surface area contributed by atoms with E-state index in [2.05, 4.69) is 15.5 Å². The number of amides is 1. The summed E-state index contributed by atoms with van der Waals surface area (Å²) in [4.78, 5) is 21.7. The molecule has 1 unspecified atom stereocenters. The zero-order valence-corrected chi connectivity index (χ0v) is 8.84. The predicted octanol–water partition coefficient (Wildman–Crippen LogP) is 0.0991. The summed E-state index contributed by atoms with van der Waals surface area (Å²) < 4.78 is 0. The number of carbonyl (C=O) groups is 1. The Bertz CT molecular complexity index is 417. The average molecular weight is 231 g/mol. The van der Waals surface area contributed by atoms with Crippen LogP contribution in [0.15, 0.2) is 11.0 Å². The number of primary amides is 1. The summed E-state index contributed by atoms with van der Waals surface area (Å²) in [5.74, 6) is -0.427. The van der Waals surface area contributed by atoms with Gasteiger partial charge in [0.15, 0.2) is 0 Å². The van der Waals surface area contributed by atoms with Crippen LogP contribution in [0.1, 0.15) is 13.3 Å². The molecule has 1 amide bonds. The molecule has 0 aliphatic rings. The van der Waals surface area contributed by atoms with Crippen molar-refractivity contribution < 1.29 is 4.79 Å². The summed E-state index contributed by atoms with van der Waals surface area (Å²) >= 11 is 5.71. The minimum absolute atomic E-state index is 0.0151. The minimum Gasteiger partial charge on any atom is -0.379 e. The van der Waals surface area contributed by atoms with Crippen molar-refractivity contribution in [2.75, 3.05) is 5.32 Å². The highest BCUT2D eigenvalue weighted by Gasteiger charge is 2.10. The van der Waals surface area contributed by atoms with E-state index >= 15 is 0 Å². The highest BCUT2D eigenvalue weighted by molar-refractivity contribution is 6.32. The van der Waals surface area contributed by atoms with Crippen LogP contribution in [0.5, 0.6) is 0 Å². The molecule has 0 saturated heterocycles. The van der Waals surface area contributed by atoms with Crippen LogP contribution in [0.4, 0.5) is 5.69 Å². The second-order valence-corrected chi connectivity index (χ2v) is 3.52. The van der Waals surface area contributed by atoms with Gasteiger partial charge in [0.25, 0.3) is 5.56 Å². The van der Waals surface area contributed by atoms with Gasteiger partial charge in [-0.05, 0) is 6.92 Å². The minimum atomic E-state index is -0.479. The van der Waals surface area contributed by atoms with E-state index in [4.69, 9.17) is 17.3 Å². The number of aromatic amines is 1. The van der Waals surface area contributed by atoms with Crippen molar-refractivity contribution in [1.82, 2.24) is 10.2 Å². The van der Waals surface area contributed by atoms with E-state index in [0.717, 1.165) is 0 Å². The topological polar surface area (TPSA) is 101 Å². The summed E-state index contributed by atoms with van der Waals surface area (Å²) in [6.07, 6.45) is 1.53. The molecule has 0 bridgehead atoms. The number of nitrogens with one attached hydrogen (secondary N) is 2. The van der Waals surface area contributed by atoms with Crippen LogP contribution in [0.2, 0.25) is 5.02 Å². The van der Waals surface area contributed by atoms with E-state index in [1.807, 2.05) is 0 Å². The molecule has 0 aliphatic carbocycles. The van der Waals surface area contributed by atoms with Gasteiger partial charge in [0, 0.05) is 12.5 Å². The van der Waals surface area contributed by atoms with Crippen LogP contribution in [0, 0.1) is 0 Å². The maximum absolute atomic E-state index is 11.1. The van der Waals surface area contributed by atoms with Crippen LogP contribution in [0.3, 0.4) is 0 Å². The number of aromatic nitrogens is 2. The number of nitrogens with two attached hydrogens (primary N) is 1. The highest BCUT2D eigenvalue weighted by Crippen LogP contribution is 2.15. The Morgan fingerprint density at radius 1 is 1.80 bits per heavy atom.